The molecule has 0 aromatic rings. The molecule has 5 nitrogen and oxygen atoms in total. The number of hydrogen-bond donors (Lipinski definition) is 0. The molecular weight excluding hydrogens is 258 g/mol. The Hall–Kier alpha value is -0.200. The summed E-state index contributed by atoms with van der Waals surface area (Å²) >= 11 is 0. The quantitative estimate of drug-likeness (QED) is 0.510. The van der Waals surface area contributed by atoms with E-state index in [-0.39, 0.29) is 0 Å². The fourth-order valence-electron chi connectivity index (χ4n) is 2.25. The standard InChI is InChI=1S/C15H31NO4/c1-3-16-7-5-15(6-8-16)20-14-13-19-12-11-18-10-9-17-4-2/h15H,3-14H2,1-2H3. The smallest absolute Gasteiger partial charge is 0.0704 e. The zero-order valence-electron chi connectivity index (χ0n) is 13.1. The van der Waals surface area contributed by atoms with Gasteiger partial charge in [0.05, 0.1) is 45.7 Å². The minimum atomic E-state index is 0.420. The minimum absolute atomic E-state index is 0.420. The number of likely N-dealkylation sites (tertiary alicyclic amines) is 1. The molecule has 0 saturated carbocycles. The average molecular weight is 289 g/mol. The Morgan fingerprint density at radius 1 is 0.800 bits per heavy atom. The fraction of sp³-hybridized carbons (Fsp3) is 1.00. The van der Waals surface area contributed by atoms with Crippen LogP contribution in [0.4, 0.5) is 0 Å². The summed E-state index contributed by atoms with van der Waals surface area (Å²) < 4.78 is 21.8. The highest BCUT2D eigenvalue weighted by Gasteiger charge is 2.17. The molecule has 0 spiro atoms. The predicted molar refractivity (Wildman–Crippen MR) is 79.2 cm³/mol. The van der Waals surface area contributed by atoms with Crippen molar-refractivity contribution >= 4 is 0 Å². The summed E-state index contributed by atoms with van der Waals surface area (Å²) in [7, 11) is 0. The van der Waals surface area contributed by atoms with Crippen LogP contribution >= 0.6 is 0 Å². The van der Waals surface area contributed by atoms with Gasteiger partial charge >= 0.3 is 0 Å². The lowest BCUT2D eigenvalue weighted by atomic mass is 10.1. The maximum absolute atomic E-state index is 5.82. The third-order valence-corrected chi connectivity index (χ3v) is 3.51. The highest BCUT2D eigenvalue weighted by atomic mass is 16.6. The second kappa shape index (κ2) is 12.5. The van der Waals surface area contributed by atoms with Crippen LogP contribution in [0.5, 0.6) is 0 Å². The Morgan fingerprint density at radius 3 is 1.90 bits per heavy atom. The Labute approximate surface area is 123 Å². The molecular formula is C15H31NO4. The summed E-state index contributed by atoms with van der Waals surface area (Å²) in [5.74, 6) is 0. The molecule has 1 heterocycles. The van der Waals surface area contributed by atoms with Gasteiger partial charge in [-0.3, -0.25) is 0 Å². The first kappa shape index (κ1) is 17.9. The number of ether oxygens (including phenoxy) is 4. The molecule has 0 bridgehead atoms. The molecule has 0 aromatic heterocycles. The Kier molecular flexibility index (Phi) is 11.2. The molecule has 1 saturated heterocycles. The van der Waals surface area contributed by atoms with E-state index in [0.29, 0.717) is 45.7 Å². The number of rotatable bonds is 12. The molecule has 1 aliphatic heterocycles. The number of piperidine rings is 1. The highest BCUT2D eigenvalue weighted by molar-refractivity contribution is 4.71. The van der Waals surface area contributed by atoms with Crippen LogP contribution in [0.2, 0.25) is 0 Å². The van der Waals surface area contributed by atoms with Crippen LogP contribution in [0.25, 0.3) is 0 Å². The highest BCUT2D eigenvalue weighted by Crippen LogP contribution is 2.12. The molecule has 0 N–H and O–H groups in total. The van der Waals surface area contributed by atoms with Crippen LogP contribution in [-0.2, 0) is 18.9 Å². The van der Waals surface area contributed by atoms with Gasteiger partial charge in [-0.15, -0.1) is 0 Å². The predicted octanol–water partition coefficient (Wildman–Crippen LogP) is 1.56. The van der Waals surface area contributed by atoms with E-state index in [1.54, 1.807) is 0 Å². The first-order valence-electron chi connectivity index (χ1n) is 7.94. The van der Waals surface area contributed by atoms with Gasteiger partial charge in [0, 0.05) is 19.7 Å². The van der Waals surface area contributed by atoms with Gasteiger partial charge in [-0.25, -0.2) is 0 Å². The maximum atomic E-state index is 5.82. The zero-order valence-corrected chi connectivity index (χ0v) is 13.1. The van der Waals surface area contributed by atoms with E-state index in [1.165, 1.54) is 0 Å². The summed E-state index contributed by atoms with van der Waals surface area (Å²) in [6.07, 6.45) is 2.71. The lowest BCUT2D eigenvalue weighted by Crippen LogP contribution is -2.37. The van der Waals surface area contributed by atoms with Crippen molar-refractivity contribution in [2.24, 2.45) is 0 Å². The van der Waals surface area contributed by atoms with Crippen molar-refractivity contribution in [2.75, 3.05) is 65.9 Å². The van der Waals surface area contributed by atoms with Gasteiger partial charge in [0.15, 0.2) is 0 Å². The fourth-order valence-corrected chi connectivity index (χ4v) is 2.25. The molecule has 1 rings (SSSR count). The first-order valence-corrected chi connectivity index (χ1v) is 7.94. The number of hydrogen-bond acceptors (Lipinski definition) is 5. The lowest BCUT2D eigenvalue weighted by molar-refractivity contribution is -0.0338. The van der Waals surface area contributed by atoms with Gasteiger partial charge in [-0.1, -0.05) is 6.92 Å². The van der Waals surface area contributed by atoms with Crippen LogP contribution in [0.15, 0.2) is 0 Å². The Morgan fingerprint density at radius 2 is 1.35 bits per heavy atom. The van der Waals surface area contributed by atoms with Crippen molar-refractivity contribution < 1.29 is 18.9 Å². The molecule has 0 atom stereocenters. The third kappa shape index (κ3) is 8.87. The van der Waals surface area contributed by atoms with Gasteiger partial charge in [-0.2, -0.15) is 0 Å². The summed E-state index contributed by atoms with van der Waals surface area (Å²) in [5, 5.41) is 0. The molecule has 1 fully saturated rings. The van der Waals surface area contributed by atoms with E-state index in [0.717, 1.165) is 39.1 Å². The average Bonchev–Trinajstić information content (AvgIpc) is 2.50. The van der Waals surface area contributed by atoms with E-state index < -0.39 is 0 Å². The van der Waals surface area contributed by atoms with Crippen LogP contribution in [-0.4, -0.2) is 76.9 Å². The van der Waals surface area contributed by atoms with Crippen molar-refractivity contribution in [3.63, 3.8) is 0 Å². The van der Waals surface area contributed by atoms with E-state index in [4.69, 9.17) is 18.9 Å². The minimum Gasteiger partial charge on any atom is -0.379 e. The number of nitrogens with zero attached hydrogens (tertiary/aromatic N) is 1. The molecule has 0 unspecified atom stereocenters. The molecule has 5 heteroatoms. The van der Waals surface area contributed by atoms with Crippen molar-refractivity contribution in [1.82, 2.24) is 4.90 Å². The largest absolute Gasteiger partial charge is 0.379 e. The zero-order chi connectivity index (χ0) is 14.5. The third-order valence-electron chi connectivity index (χ3n) is 3.51. The Balaban J connectivity index is 1.79. The second-order valence-electron chi connectivity index (χ2n) is 4.93. The normalized spacial score (nSPS) is 17.7. The van der Waals surface area contributed by atoms with Crippen molar-refractivity contribution in [3.05, 3.63) is 0 Å². The Bertz CT molecular complexity index is 208. The molecule has 0 aliphatic carbocycles. The van der Waals surface area contributed by atoms with E-state index >= 15 is 0 Å². The van der Waals surface area contributed by atoms with Crippen LogP contribution in [0.1, 0.15) is 26.7 Å². The van der Waals surface area contributed by atoms with Crippen LogP contribution in [0, 0.1) is 0 Å². The summed E-state index contributed by atoms with van der Waals surface area (Å²) in [6, 6.07) is 0. The van der Waals surface area contributed by atoms with E-state index in [2.05, 4.69) is 11.8 Å². The van der Waals surface area contributed by atoms with Crippen molar-refractivity contribution in [2.45, 2.75) is 32.8 Å². The summed E-state index contributed by atoms with van der Waals surface area (Å²) in [6.45, 7) is 12.3. The first-order chi connectivity index (χ1) is 9.86. The van der Waals surface area contributed by atoms with E-state index in [1.807, 2.05) is 6.92 Å². The topological polar surface area (TPSA) is 40.2 Å². The van der Waals surface area contributed by atoms with Gasteiger partial charge in [0.25, 0.3) is 0 Å². The lowest BCUT2D eigenvalue weighted by Gasteiger charge is -2.30. The van der Waals surface area contributed by atoms with E-state index in [9.17, 15) is 0 Å². The summed E-state index contributed by atoms with van der Waals surface area (Å²) in [4.78, 5) is 2.47. The van der Waals surface area contributed by atoms with Gasteiger partial charge in [0.2, 0.25) is 0 Å². The molecule has 20 heavy (non-hydrogen) atoms. The van der Waals surface area contributed by atoms with Crippen LogP contribution in [0.3, 0.4) is 0 Å². The molecule has 120 valence electrons. The van der Waals surface area contributed by atoms with Gasteiger partial charge in [0.1, 0.15) is 0 Å². The van der Waals surface area contributed by atoms with Crippen molar-refractivity contribution in [1.29, 1.82) is 0 Å². The maximum Gasteiger partial charge on any atom is 0.0704 e. The van der Waals surface area contributed by atoms with Gasteiger partial charge < -0.3 is 23.8 Å². The second-order valence-corrected chi connectivity index (χ2v) is 4.93. The monoisotopic (exact) mass is 289 g/mol. The SMILES string of the molecule is CCOCCOCCOCCOC1CCN(CC)CC1. The van der Waals surface area contributed by atoms with Crippen LogP contribution < -0.4 is 0 Å². The van der Waals surface area contributed by atoms with Crippen molar-refractivity contribution in [3.8, 4) is 0 Å². The summed E-state index contributed by atoms with van der Waals surface area (Å²) in [5.41, 5.74) is 0. The van der Waals surface area contributed by atoms with Gasteiger partial charge in [-0.05, 0) is 26.3 Å². The molecule has 1 aliphatic rings. The molecule has 0 aromatic carbocycles. The molecule has 0 amide bonds. The molecule has 0 radical (unpaired) electrons.